The van der Waals surface area contributed by atoms with Gasteiger partial charge in [0.1, 0.15) is 28.8 Å². The summed E-state index contributed by atoms with van der Waals surface area (Å²) in [6, 6.07) is 15.5. The molecule has 8 heteroatoms. The smallest absolute Gasteiger partial charge is 0.261 e. The number of hydrogen-bond donors (Lipinski definition) is 1. The standard InChI is InChI=1S/C23H22FN3O3S/c1-15-20-13-21(22(28)25-10-11-30-19-5-3-4-18(12-19)29-2)31-23(20)27(26-15)14-16-6-8-17(24)9-7-16/h3-9,12-13H,10-11,14H2,1-2H3,(H,25,28). The molecular formula is C23H22FN3O3S. The molecule has 2 aromatic heterocycles. The Labute approximate surface area is 183 Å². The van der Waals surface area contributed by atoms with Gasteiger partial charge in [0.05, 0.1) is 30.8 Å². The fourth-order valence-electron chi connectivity index (χ4n) is 3.21. The molecule has 0 radical (unpaired) electrons. The van der Waals surface area contributed by atoms with E-state index >= 15 is 0 Å². The van der Waals surface area contributed by atoms with E-state index in [1.54, 1.807) is 25.3 Å². The summed E-state index contributed by atoms with van der Waals surface area (Å²) in [6.45, 7) is 3.16. The summed E-state index contributed by atoms with van der Waals surface area (Å²) in [4.78, 5) is 14.1. The van der Waals surface area contributed by atoms with Crippen LogP contribution in [0, 0.1) is 12.7 Å². The monoisotopic (exact) mass is 439 g/mol. The molecule has 0 aliphatic carbocycles. The number of hydrogen-bond acceptors (Lipinski definition) is 5. The Kier molecular flexibility index (Phi) is 6.18. The second kappa shape index (κ2) is 9.18. The highest BCUT2D eigenvalue weighted by atomic mass is 32.1. The fraction of sp³-hybridized carbons (Fsp3) is 0.217. The third kappa shape index (κ3) is 4.86. The summed E-state index contributed by atoms with van der Waals surface area (Å²) in [6.07, 6.45) is 0. The second-order valence-corrected chi connectivity index (χ2v) is 8.01. The molecule has 0 atom stereocenters. The predicted octanol–water partition coefficient (Wildman–Crippen LogP) is 4.41. The van der Waals surface area contributed by atoms with Crippen LogP contribution in [-0.4, -0.2) is 35.9 Å². The van der Waals surface area contributed by atoms with Gasteiger partial charge in [-0.1, -0.05) is 18.2 Å². The van der Waals surface area contributed by atoms with Crippen molar-refractivity contribution < 1.29 is 18.7 Å². The van der Waals surface area contributed by atoms with Crippen molar-refractivity contribution in [3.05, 3.63) is 76.5 Å². The average Bonchev–Trinajstić information content (AvgIpc) is 3.34. The van der Waals surface area contributed by atoms with Crippen LogP contribution in [0.15, 0.2) is 54.6 Å². The molecule has 4 aromatic rings. The van der Waals surface area contributed by atoms with Gasteiger partial charge in [0.2, 0.25) is 0 Å². The van der Waals surface area contributed by atoms with Crippen molar-refractivity contribution in [2.75, 3.05) is 20.3 Å². The number of benzene rings is 2. The minimum atomic E-state index is -0.268. The maximum Gasteiger partial charge on any atom is 0.261 e. The van der Waals surface area contributed by atoms with Gasteiger partial charge in [-0.05, 0) is 42.8 Å². The van der Waals surface area contributed by atoms with E-state index in [0.29, 0.717) is 30.3 Å². The summed E-state index contributed by atoms with van der Waals surface area (Å²) >= 11 is 1.39. The minimum absolute atomic E-state index is 0.150. The molecule has 0 fully saturated rings. The van der Waals surface area contributed by atoms with E-state index in [0.717, 1.165) is 27.2 Å². The number of thiophene rings is 1. The molecule has 6 nitrogen and oxygen atoms in total. The largest absolute Gasteiger partial charge is 0.497 e. The Morgan fingerprint density at radius 2 is 1.94 bits per heavy atom. The quantitative estimate of drug-likeness (QED) is 0.413. The lowest BCUT2D eigenvalue weighted by Crippen LogP contribution is -2.27. The van der Waals surface area contributed by atoms with Gasteiger partial charge in [0, 0.05) is 11.5 Å². The number of ether oxygens (including phenoxy) is 2. The Balaban J connectivity index is 1.38. The maximum absolute atomic E-state index is 13.2. The number of fused-ring (bicyclic) bond motifs is 1. The number of rotatable bonds is 8. The van der Waals surface area contributed by atoms with Crippen LogP contribution >= 0.6 is 11.3 Å². The van der Waals surface area contributed by atoms with E-state index in [-0.39, 0.29) is 11.7 Å². The number of carbonyl (C=O) groups is 1. The van der Waals surface area contributed by atoms with Crippen LogP contribution in [0.4, 0.5) is 4.39 Å². The highest BCUT2D eigenvalue weighted by molar-refractivity contribution is 7.20. The lowest BCUT2D eigenvalue weighted by Gasteiger charge is -2.08. The van der Waals surface area contributed by atoms with E-state index in [2.05, 4.69) is 10.4 Å². The Morgan fingerprint density at radius 3 is 2.71 bits per heavy atom. The van der Waals surface area contributed by atoms with E-state index < -0.39 is 0 Å². The highest BCUT2D eigenvalue weighted by Crippen LogP contribution is 2.29. The number of methoxy groups -OCH3 is 1. The van der Waals surface area contributed by atoms with Gasteiger partial charge in [0.25, 0.3) is 5.91 Å². The van der Waals surface area contributed by atoms with Crippen LogP contribution in [0.5, 0.6) is 11.5 Å². The third-order valence-electron chi connectivity index (χ3n) is 4.77. The Hall–Kier alpha value is -3.39. The molecule has 160 valence electrons. The lowest BCUT2D eigenvalue weighted by atomic mass is 10.2. The SMILES string of the molecule is COc1cccc(OCCNC(=O)c2cc3c(C)nn(Cc4ccc(F)cc4)c3s2)c1. The Morgan fingerprint density at radius 1 is 1.16 bits per heavy atom. The first kappa shape index (κ1) is 20.9. The van der Waals surface area contributed by atoms with E-state index in [4.69, 9.17) is 9.47 Å². The van der Waals surface area contributed by atoms with Gasteiger partial charge in [-0.2, -0.15) is 5.10 Å². The van der Waals surface area contributed by atoms with Crippen molar-refractivity contribution in [3.63, 3.8) is 0 Å². The highest BCUT2D eigenvalue weighted by Gasteiger charge is 2.16. The van der Waals surface area contributed by atoms with Gasteiger partial charge in [0.15, 0.2) is 0 Å². The molecule has 0 spiro atoms. The molecule has 2 aromatic carbocycles. The number of carbonyl (C=O) groups excluding carboxylic acids is 1. The van der Waals surface area contributed by atoms with Crippen molar-refractivity contribution in [1.82, 2.24) is 15.1 Å². The fourth-order valence-corrected chi connectivity index (χ4v) is 4.28. The first-order valence-corrected chi connectivity index (χ1v) is 10.6. The summed E-state index contributed by atoms with van der Waals surface area (Å²) in [5.41, 5.74) is 1.80. The molecule has 2 heterocycles. The van der Waals surface area contributed by atoms with Crippen molar-refractivity contribution in [3.8, 4) is 11.5 Å². The zero-order valence-corrected chi connectivity index (χ0v) is 18.0. The average molecular weight is 440 g/mol. The normalized spacial score (nSPS) is 10.9. The van der Waals surface area contributed by atoms with Crippen LogP contribution < -0.4 is 14.8 Å². The first-order valence-electron chi connectivity index (χ1n) is 9.80. The van der Waals surface area contributed by atoms with E-state index in [1.807, 2.05) is 35.9 Å². The van der Waals surface area contributed by atoms with Crippen molar-refractivity contribution in [1.29, 1.82) is 0 Å². The molecule has 0 aliphatic rings. The minimum Gasteiger partial charge on any atom is -0.497 e. The van der Waals surface area contributed by atoms with Crippen LogP contribution in [0.25, 0.3) is 10.2 Å². The molecule has 31 heavy (non-hydrogen) atoms. The van der Waals surface area contributed by atoms with Crippen LogP contribution in [0.2, 0.25) is 0 Å². The number of aromatic nitrogens is 2. The second-order valence-electron chi connectivity index (χ2n) is 6.98. The first-order chi connectivity index (χ1) is 15.0. The molecule has 0 saturated carbocycles. The lowest BCUT2D eigenvalue weighted by molar-refractivity contribution is 0.0951. The number of nitrogens with one attached hydrogen (secondary N) is 1. The summed E-state index contributed by atoms with van der Waals surface area (Å²) in [5, 5.41) is 8.40. The van der Waals surface area contributed by atoms with Gasteiger partial charge in [-0.3, -0.25) is 9.48 Å². The molecule has 0 bridgehead atoms. The number of halogens is 1. The molecule has 1 amide bonds. The van der Waals surface area contributed by atoms with Gasteiger partial charge in [-0.15, -0.1) is 11.3 Å². The van der Waals surface area contributed by atoms with Gasteiger partial charge in [-0.25, -0.2) is 4.39 Å². The molecule has 0 saturated heterocycles. The molecule has 4 rings (SSSR count). The van der Waals surface area contributed by atoms with Gasteiger partial charge < -0.3 is 14.8 Å². The number of amides is 1. The van der Waals surface area contributed by atoms with Crippen molar-refractivity contribution in [2.45, 2.75) is 13.5 Å². The van der Waals surface area contributed by atoms with Crippen LogP contribution in [0.1, 0.15) is 20.9 Å². The summed E-state index contributed by atoms with van der Waals surface area (Å²) in [5.74, 6) is 0.989. The molecule has 0 unspecified atom stereocenters. The summed E-state index contributed by atoms with van der Waals surface area (Å²) < 4.78 is 25.8. The maximum atomic E-state index is 13.2. The van der Waals surface area contributed by atoms with Crippen molar-refractivity contribution in [2.24, 2.45) is 0 Å². The molecular weight excluding hydrogens is 417 g/mol. The predicted molar refractivity (Wildman–Crippen MR) is 119 cm³/mol. The van der Waals surface area contributed by atoms with E-state index in [1.165, 1.54) is 23.5 Å². The zero-order chi connectivity index (χ0) is 21.8. The van der Waals surface area contributed by atoms with E-state index in [9.17, 15) is 9.18 Å². The zero-order valence-electron chi connectivity index (χ0n) is 17.2. The molecule has 0 aliphatic heterocycles. The third-order valence-corrected chi connectivity index (χ3v) is 5.92. The van der Waals surface area contributed by atoms with Crippen LogP contribution in [-0.2, 0) is 6.54 Å². The Bertz CT molecular complexity index is 1200. The topological polar surface area (TPSA) is 65.4 Å². The van der Waals surface area contributed by atoms with Gasteiger partial charge >= 0.3 is 0 Å². The summed E-state index contributed by atoms with van der Waals surface area (Å²) in [7, 11) is 1.60. The number of nitrogens with zero attached hydrogens (tertiary/aromatic N) is 2. The van der Waals surface area contributed by atoms with Crippen LogP contribution in [0.3, 0.4) is 0 Å². The number of aryl methyl sites for hydroxylation is 1. The molecule has 1 N–H and O–H groups in total. The van der Waals surface area contributed by atoms with Crippen molar-refractivity contribution >= 4 is 27.5 Å².